The standard InChI is InChI=1S/C12H17N5O.ClH/c1-7(2)8-6-9(16-15-8)10-14-11(17-18-10)12(13)4-3-5-12;/h6-7H,3-5,13H2,1-2H3,(H,15,16);1H. The van der Waals surface area contributed by atoms with Crippen LogP contribution >= 0.6 is 12.4 Å². The molecule has 3 N–H and O–H groups in total. The highest BCUT2D eigenvalue weighted by Crippen LogP contribution is 2.37. The van der Waals surface area contributed by atoms with Crippen LogP contribution in [0.2, 0.25) is 0 Å². The molecule has 0 aliphatic heterocycles. The first-order chi connectivity index (χ1) is 8.58. The summed E-state index contributed by atoms with van der Waals surface area (Å²) in [5.74, 6) is 1.42. The molecule has 1 aliphatic carbocycles. The van der Waals surface area contributed by atoms with Gasteiger partial charge in [0.15, 0.2) is 11.5 Å². The number of nitrogens with two attached hydrogens (primary N) is 1. The van der Waals surface area contributed by atoms with Gasteiger partial charge in [0.05, 0.1) is 5.54 Å². The molecule has 6 nitrogen and oxygen atoms in total. The number of hydrogen-bond acceptors (Lipinski definition) is 5. The van der Waals surface area contributed by atoms with Crippen LogP contribution in [0, 0.1) is 0 Å². The molecular formula is C12H18ClN5O. The van der Waals surface area contributed by atoms with Crippen LogP contribution in [0.4, 0.5) is 0 Å². The van der Waals surface area contributed by atoms with Crippen molar-refractivity contribution < 1.29 is 4.52 Å². The Bertz CT molecular complexity index is 558. The minimum atomic E-state index is -0.390. The molecule has 19 heavy (non-hydrogen) atoms. The summed E-state index contributed by atoms with van der Waals surface area (Å²) in [5.41, 5.74) is 7.50. The number of hydrogen-bond donors (Lipinski definition) is 2. The molecule has 0 amide bonds. The van der Waals surface area contributed by atoms with Gasteiger partial charge in [0.1, 0.15) is 0 Å². The van der Waals surface area contributed by atoms with Gasteiger partial charge in [0.25, 0.3) is 5.89 Å². The number of nitrogens with one attached hydrogen (secondary N) is 1. The maximum absolute atomic E-state index is 6.16. The molecule has 0 bridgehead atoms. The predicted molar refractivity (Wildman–Crippen MR) is 72.9 cm³/mol. The molecular weight excluding hydrogens is 266 g/mol. The summed E-state index contributed by atoms with van der Waals surface area (Å²) < 4.78 is 5.24. The van der Waals surface area contributed by atoms with E-state index >= 15 is 0 Å². The van der Waals surface area contributed by atoms with E-state index in [1.807, 2.05) is 6.07 Å². The minimum absolute atomic E-state index is 0. The van der Waals surface area contributed by atoms with Gasteiger partial charge in [0, 0.05) is 5.69 Å². The zero-order valence-corrected chi connectivity index (χ0v) is 11.8. The fourth-order valence-electron chi connectivity index (χ4n) is 2.05. The summed E-state index contributed by atoms with van der Waals surface area (Å²) in [7, 11) is 0. The van der Waals surface area contributed by atoms with Gasteiger partial charge < -0.3 is 10.3 Å². The summed E-state index contributed by atoms with van der Waals surface area (Å²) in [6.07, 6.45) is 2.97. The van der Waals surface area contributed by atoms with Crippen molar-refractivity contribution in [1.82, 2.24) is 20.3 Å². The Morgan fingerprint density at radius 2 is 2.16 bits per heavy atom. The maximum atomic E-state index is 6.16. The average Bonchev–Trinajstić information content (AvgIpc) is 2.94. The van der Waals surface area contributed by atoms with Crippen LogP contribution in [-0.4, -0.2) is 20.3 Å². The molecule has 2 aromatic rings. The summed E-state index contributed by atoms with van der Waals surface area (Å²) in [6, 6.07) is 1.94. The van der Waals surface area contributed by atoms with E-state index in [-0.39, 0.29) is 17.9 Å². The molecule has 0 atom stereocenters. The zero-order valence-electron chi connectivity index (χ0n) is 11.0. The van der Waals surface area contributed by atoms with Crippen LogP contribution in [0.1, 0.15) is 50.5 Å². The van der Waals surface area contributed by atoms with E-state index < -0.39 is 0 Å². The normalized spacial score (nSPS) is 17.1. The van der Waals surface area contributed by atoms with Gasteiger partial charge >= 0.3 is 0 Å². The van der Waals surface area contributed by atoms with Crippen molar-refractivity contribution in [2.45, 2.75) is 44.6 Å². The van der Waals surface area contributed by atoms with E-state index in [4.69, 9.17) is 10.3 Å². The summed E-state index contributed by atoms with van der Waals surface area (Å²) in [6.45, 7) is 4.19. The molecule has 7 heteroatoms. The quantitative estimate of drug-likeness (QED) is 0.902. The van der Waals surface area contributed by atoms with Crippen LogP contribution < -0.4 is 5.73 Å². The monoisotopic (exact) mass is 283 g/mol. The molecule has 2 aromatic heterocycles. The number of aromatic amines is 1. The first kappa shape index (κ1) is 14.0. The molecule has 0 radical (unpaired) electrons. The van der Waals surface area contributed by atoms with Gasteiger partial charge in [-0.15, -0.1) is 12.4 Å². The van der Waals surface area contributed by atoms with Crippen LogP contribution in [0.25, 0.3) is 11.6 Å². The number of H-pyrrole nitrogens is 1. The maximum Gasteiger partial charge on any atom is 0.278 e. The first-order valence-corrected chi connectivity index (χ1v) is 6.27. The third-order valence-corrected chi connectivity index (χ3v) is 3.56. The highest BCUT2D eigenvalue weighted by atomic mass is 35.5. The van der Waals surface area contributed by atoms with Crippen molar-refractivity contribution >= 4 is 12.4 Å². The summed E-state index contributed by atoms with van der Waals surface area (Å²) >= 11 is 0. The van der Waals surface area contributed by atoms with Crippen molar-refractivity contribution in [2.24, 2.45) is 5.73 Å². The third-order valence-electron chi connectivity index (χ3n) is 3.56. The topological polar surface area (TPSA) is 93.6 Å². The minimum Gasteiger partial charge on any atom is -0.332 e. The molecule has 104 valence electrons. The van der Waals surface area contributed by atoms with E-state index in [1.165, 1.54) is 0 Å². The predicted octanol–water partition coefficient (Wildman–Crippen LogP) is 2.34. The number of aromatic nitrogens is 4. The van der Waals surface area contributed by atoms with Gasteiger partial charge in [-0.25, -0.2) is 0 Å². The molecule has 3 rings (SSSR count). The van der Waals surface area contributed by atoms with Gasteiger partial charge in [-0.2, -0.15) is 10.1 Å². The van der Waals surface area contributed by atoms with E-state index in [9.17, 15) is 0 Å². The lowest BCUT2D eigenvalue weighted by atomic mass is 9.77. The Morgan fingerprint density at radius 3 is 2.68 bits per heavy atom. The fraction of sp³-hybridized carbons (Fsp3) is 0.583. The van der Waals surface area contributed by atoms with Crippen LogP contribution in [0.15, 0.2) is 10.6 Å². The fourth-order valence-corrected chi connectivity index (χ4v) is 2.05. The lowest BCUT2D eigenvalue weighted by molar-refractivity contribution is 0.229. The number of nitrogens with zero attached hydrogens (tertiary/aromatic N) is 3. The summed E-state index contributed by atoms with van der Waals surface area (Å²) in [4.78, 5) is 4.36. The second-order valence-corrected chi connectivity index (χ2v) is 5.30. The van der Waals surface area contributed by atoms with Crippen molar-refractivity contribution in [3.8, 4) is 11.6 Å². The molecule has 0 unspecified atom stereocenters. The molecule has 0 aromatic carbocycles. The van der Waals surface area contributed by atoms with E-state index in [0.717, 1.165) is 25.0 Å². The second kappa shape index (κ2) is 4.94. The first-order valence-electron chi connectivity index (χ1n) is 6.27. The summed E-state index contributed by atoms with van der Waals surface area (Å²) in [5, 5.41) is 11.1. The highest BCUT2D eigenvalue weighted by molar-refractivity contribution is 5.85. The van der Waals surface area contributed by atoms with Gasteiger partial charge in [-0.05, 0) is 31.2 Å². The molecule has 2 heterocycles. The van der Waals surface area contributed by atoms with Crippen LogP contribution in [-0.2, 0) is 5.54 Å². The smallest absolute Gasteiger partial charge is 0.278 e. The lowest BCUT2D eigenvalue weighted by Gasteiger charge is -2.34. The number of rotatable bonds is 3. The van der Waals surface area contributed by atoms with Crippen molar-refractivity contribution in [3.63, 3.8) is 0 Å². The molecule has 1 saturated carbocycles. The zero-order chi connectivity index (χ0) is 12.8. The lowest BCUT2D eigenvalue weighted by Crippen LogP contribution is -2.44. The van der Waals surface area contributed by atoms with Crippen molar-refractivity contribution in [3.05, 3.63) is 17.6 Å². The number of halogens is 1. The Morgan fingerprint density at radius 1 is 1.42 bits per heavy atom. The molecule has 1 fully saturated rings. The molecule has 1 aliphatic rings. The van der Waals surface area contributed by atoms with E-state index in [1.54, 1.807) is 0 Å². The largest absolute Gasteiger partial charge is 0.332 e. The van der Waals surface area contributed by atoms with E-state index in [0.29, 0.717) is 23.3 Å². The SMILES string of the molecule is CC(C)c1cc(-c2nc(C3(N)CCC3)no2)n[nH]1.Cl. The van der Waals surface area contributed by atoms with Gasteiger partial charge in [-0.3, -0.25) is 5.10 Å². The van der Waals surface area contributed by atoms with Gasteiger partial charge in [-0.1, -0.05) is 19.0 Å². The molecule has 0 saturated heterocycles. The average molecular weight is 284 g/mol. The Hall–Kier alpha value is -1.40. The Labute approximate surface area is 117 Å². The van der Waals surface area contributed by atoms with Gasteiger partial charge in [0.2, 0.25) is 0 Å². The highest BCUT2D eigenvalue weighted by Gasteiger charge is 2.39. The second-order valence-electron chi connectivity index (χ2n) is 5.30. The molecule has 0 spiro atoms. The van der Waals surface area contributed by atoms with Crippen molar-refractivity contribution in [1.29, 1.82) is 0 Å². The van der Waals surface area contributed by atoms with Crippen LogP contribution in [0.5, 0.6) is 0 Å². The van der Waals surface area contributed by atoms with Crippen molar-refractivity contribution in [2.75, 3.05) is 0 Å². The van der Waals surface area contributed by atoms with E-state index in [2.05, 4.69) is 34.2 Å². The Kier molecular flexibility index (Phi) is 3.64. The third kappa shape index (κ3) is 2.37. The Balaban J connectivity index is 0.00000133. The van der Waals surface area contributed by atoms with Crippen LogP contribution in [0.3, 0.4) is 0 Å².